The lowest BCUT2D eigenvalue weighted by Crippen LogP contribution is -2.29. The molecular weight excluding hydrogens is 427 g/mol. The number of rotatable bonds is 4. The lowest BCUT2D eigenvalue weighted by Gasteiger charge is -2.18. The molecule has 1 atom stereocenters. The number of hydrazine groups is 1. The molecule has 0 aromatic heterocycles. The summed E-state index contributed by atoms with van der Waals surface area (Å²) >= 11 is 19.2. The fourth-order valence-corrected chi connectivity index (χ4v) is 3.59. The van der Waals surface area contributed by atoms with Gasteiger partial charge in [0.05, 0.1) is 6.04 Å². The van der Waals surface area contributed by atoms with Crippen LogP contribution in [0, 0.1) is 0 Å². The second-order valence-corrected chi connectivity index (χ2v) is 7.04. The summed E-state index contributed by atoms with van der Waals surface area (Å²) in [6.07, 6.45) is 0.676. The third-order valence-electron chi connectivity index (χ3n) is 2.93. The summed E-state index contributed by atoms with van der Waals surface area (Å²) in [5.41, 5.74) is 4.84. The van der Waals surface area contributed by atoms with Crippen molar-refractivity contribution in [2.24, 2.45) is 5.84 Å². The number of nitrogens with two attached hydrogens (primary N) is 1. The molecule has 0 radical (unpaired) electrons. The van der Waals surface area contributed by atoms with Crippen molar-refractivity contribution in [3.8, 4) is 0 Å². The topological polar surface area (TPSA) is 38.0 Å². The smallest absolute Gasteiger partial charge is 0.0501 e. The van der Waals surface area contributed by atoms with Crippen molar-refractivity contribution >= 4 is 55.1 Å². The highest BCUT2D eigenvalue weighted by atomic mass is 79.9. The zero-order valence-electron chi connectivity index (χ0n) is 10.3. The average molecular weight is 439 g/mol. The Morgan fingerprint density at radius 1 is 1.05 bits per heavy atom. The van der Waals surface area contributed by atoms with E-state index in [1.165, 1.54) is 0 Å². The molecule has 3 N–H and O–H groups in total. The first-order valence-electron chi connectivity index (χ1n) is 5.85. The Hall–Kier alpha value is -0.100. The van der Waals surface area contributed by atoms with E-state index in [2.05, 4.69) is 37.3 Å². The molecule has 0 aliphatic carbocycles. The molecule has 2 rings (SSSR count). The predicted molar refractivity (Wildman–Crippen MR) is 92.1 cm³/mol. The molecule has 106 valence electrons. The van der Waals surface area contributed by atoms with Gasteiger partial charge in [-0.25, -0.2) is 0 Å². The number of halogens is 4. The van der Waals surface area contributed by atoms with Crippen molar-refractivity contribution in [2.45, 2.75) is 12.5 Å². The molecule has 0 fully saturated rings. The molecule has 2 nitrogen and oxygen atoms in total. The first kappa shape index (κ1) is 16.3. The van der Waals surface area contributed by atoms with E-state index in [0.29, 0.717) is 16.5 Å². The second kappa shape index (κ2) is 7.25. The normalized spacial score (nSPS) is 12.4. The molecule has 0 aliphatic heterocycles. The number of hydrogen-bond donors (Lipinski definition) is 2. The molecule has 1 unspecified atom stereocenters. The molecule has 0 saturated carbocycles. The summed E-state index contributed by atoms with van der Waals surface area (Å²) in [4.78, 5) is 0. The van der Waals surface area contributed by atoms with Gasteiger partial charge in [0.1, 0.15) is 0 Å². The minimum absolute atomic E-state index is 0.0660. The zero-order valence-corrected chi connectivity index (χ0v) is 15.0. The molecule has 0 aliphatic rings. The van der Waals surface area contributed by atoms with Gasteiger partial charge >= 0.3 is 0 Å². The number of hydrogen-bond acceptors (Lipinski definition) is 2. The highest BCUT2D eigenvalue weighted by Crippen LogP contribution is 2.29. The molecule has 2 aromatic carbocycles. The van der Waals surface area contributed by atoms with Crippen LogP contribution in [0.1, 0.15) is 17.2 Å². The van der Waals surface area contributed by atoms with Gasteiger partial charge in [0, 0.05) is 19.0 Å². The maximum atomic E-state index is 6.25. The lowest BCUT2D eigenvalue weighted by molar-refractivity contribution is 0.552. The van der Waals surface area contributed by atoms with Crippen LogP contribution < -0.4 is 11.3 Å². The van der Waals surface area contributed by atoms with E-state index < -0.39 is 0 Å². The maximum Gasteiger partial charge on any atom is 0.0501 e. The molecule has 0 heterocycles. The standard InChI is InChI=1S/C14H12Br2Cl2N2/c15-10-2-1-8(13(18)7-10)5-14(20-19)9-3-11(16)6-12(17)4-9/h1-4,6-7,14,20H,5,19H2. The van der Waals surface area contributed by atoms with Gasteiger partial charge in [-0.2, -0.15) is 0 Å². The fourth-order valence-electron chi connectivity index (χ4n) is 1.96. The van der Waals surface area contributed by atoms with Crippen LogP contribution in [0.15, 0.2) is 45.3 Å². The van der Waals surface area contributed by atoms with Crippen molar-refractivity contribution in [3.05, 3.63) is 66.5 Å². The molecule has 0 bridgehead atoms. The van der Waals surface area contributed by atoms with Gasteiger partial charge in [-0.3, -0.25) is 11.3 Å². The first-order chi connectivity index (χ1) is 9.49. The maximum absolute atomic E-state index is 6.25. The van der Waals surface area contributed by atoms with Gasteiger partial charge in [-0.15, -0.1) is 0 Å². The van der Waals surface area contributed by atoms with Crippen LogP contribution in [-0.4, -0.2) is 0 Å². The van der Waals surface area contributed by atoms with Gasteiger partial charge in [-0.1, -0.05) is 61.1 Å². The Balaban J connectivity index is 2.28. The van der Waals surface area contributed by atoms with E-state index >= 15 is 0 Å². The summed E-state index contributed by atoms with van der Waals surface area (Å²) in [6.45, 7) is 0. The molecule has 0 spiro atoms. The van der Waals surface area contributed by atoms with Crippen LogP contribution in [0.4, 0.5) is 0 Å². The highest BCUT2D eigenvalue weighted by Gasteiger charge is 2.14. The largest absolute Gasteiger partial charge is 0.271 e. The molecule has 20 heavy (non-hydrogen) atoms. The monoisotopic (exact) mass is 436 g/mol. The summed E-state index contributed by atoms with van der Waals surface area (Å²) in [6, 6.07) is 11.5. The van der Waals surface area contributed by atoms with Crippen LogP contribution in [0.2, 0.25) is 10.0 Å². The van der Waals surface area contributed by atoms with Gasteiger partial charge in [0.2, 0.25) is 0 Å². The lowest BCUT2D eigenvalue weighted by atomic mass is 9.99. The van der Waals surface area contributed by atoms with E-state index in [1.54, 1.807) is 0 Å². The average Bonchev–Trinajstić information content (AvgIpc) is 2.36. The third-order valence-corrected chi connectivity index (χ3v) is 4.45. The van der Waals surface area contributed by atoms with E-state index in [0.717, 1.165) is 20.1 Å². The minimum Gasteiger partial charge on any atom is -0.271 e. The first-order valence-corrected chi connectivity index (χ1v) is 8.20. The number of benzene rings is 2. The molecule has 2 aromatic rings. The molecular formula is C14H12Br2Cl2N2. The van der Waals surface area contributed by atoms with Crippen LogP contribution in [0.25, 0.3) is 0 Å². The van der Waals surface area contributed by atoms with Crippen LogP contribution >= 0.6 is 55.1 Å². The van der Waals surface area contributed by atoms with Crippen LogP contribution in [0.5, 0.6) is 0 Å². The van der Waals surface area contributed by atoms with E-state index in [-0.39, 0.29) is 6.04 Å². The highest BCUT2D eigenvalue weighted by molar-refractivity contribution is 9.10. The quantitative estimate of drug-likeness (QED) is 0.504. The van der Waals surface area contributed by atoms with E-state index in [4.69, 9.17) is 29.0 Å². The summed E-state index contributed by atoms with van der Waals surface area (Å²) < 4.78 is 1.87. The van der Waals surface area contributed by atoms with Crippen molar-refractivity contribution in [1.29, 1.82) is 0 Å². The van der Waals surface area contributed by atoms with Crippen molar-refractivity contribution in [3.63, 3.8) is 0 Å². The Morgan fingerprint density at radius 2 is 1.80 bits per heavy atom. The Morgan fingerprint density at radius 3 is 2.40 bits per heavy atom. The summed E-state index contributed by atoms with van der Waals surface area (Å²) in [7, 11) is 0. The minimum atomic E-state index is -0.0660. The SMILES string of the molecule is NNC(Cc1ccc(Br)cc1Cl)c1cc(Cl)cc(Br)c1. The predicted octanol–water partition coefficient (Wildman–Crippen LogP) is 5.27. The zero-order chi connectivity index (χ0) is 14.7. The Labute approximate surface area is 144 Å². The van der Waals surface area contributed by atoms with Gasteiger partial charge in [0.25, 0.3) is 0 Å². The Bertz CT molecular complexity index is 600. The van der Waals surface area contributed by atoms with Crippen molar-refractivity contribution in [2.75, 3.05) is 0 Å². The van der Waals surface area contributed by atoms with Gasteiger partial charge < -0.3 is 0 Å². The Kier molecular flexibility index (Phi) is 5.90. The van der Waals surface area contributed by atoms with E-state index in [1.807, 2.05) is 36.4 Å². The molecule has 6 heteroatoms. The molecule has 0 amide bonds. The van der Waals surface area contributed by atoms with Crippen LogP contribution in [0.3, 0.4) is 0 Å². The molecule has 0 saturated heterocycles. The van der Waals surface area contributed by atoms with Gasteiger partial charge in [0.15, 0.2) is 0 Å². The van der Waals surface area contributed by atoms with E-state index in [9.17, 15) is 0 Å². The van der Waals surface area contributed by atoms with Gasteiger partial charge in [-0.05, 0) is 47.9 Å². The summed E-state index contributed by atoms with van der Waals surface area (Å²) in [5, 5.41) is 1.37. The fraction of sp³-hybridized carbons (Fsp3) is 0.143. The van der Waals surface area contributed by atoms with Crippen LogP contribution in [-0.2, 0) is 6.42 Å². The van der Waals surface area contributed by atoms with Crippen molar-refractivity contribution in [1.82, 2.24) is 5.43 Å². The number of nitrogens with one attached hydrogen (secondary N) is 1. The third kappa shape index (κ3) is 4.20. The second-order valence-electron chi connectivity index (χ2n) is 4.36. The van der Waals surface area contributed by atoms with Crippen molar-refractivity contribution < 1.29 is 0 Å². The summed E-state index contributed by atoms with van der Waals surface area (Å²) in [5.74, 6) is 5.67.